The first kappa shape index (κ1) is 24.5. The quantitative estimate of drug-likeness (QED) is 0.329. The molecule has 0 amide bonds. The Morgan fingerprint density at radius 2 is 1.69 bits per heavy atom. The Morgan fingerprint density at radius 3 is 2.38 bits per heavy atom. The number of fused-ring (bicyclic) bond motifs is 5. The monoisotopic (exact) mass is 457 g/mol. The lowest BCUT2D eigenvalue weighted by Crippen LogP contribution is -2.59. The largest absolute Gasteiger partial charge is 0.417 e. The van der Waals surface area contributed by atoms with Crippen LogP contribution in [0.5, 0.6) is 0 Å². The van der Waals surface area contributed by atoms with Gasteiger partial charge in [0.2, 0.25) is 0 Å². The highest BCUT2D eigenvalue weighted by Crippen LogP contribution is 2.69. The van der Waals surface area contributed by atoms with E-state index in [-0.39, 0.29) is 30.2 Å². The first-order valence-corrected chi connectivity index (χ1v) is 13.1. The smallest absolute Gasteiger partial charge is 0.380 e. The van der Waals surface area contributed by atoms with Crippen molar-refractivity contribution in [2.24, 2.45) is 45.6 Å². The highest BCUT2D eigenvalue weighted by atomic mass is 19.4. The van der Waals surface area contributed by atoms with Gasteiger partial charge in [0, 0.05) is 0 Å². The van der Waals surface area contributed by atoms with Crippen molar-refractivity contribution in [3.05, 3.63) is 4.91 Å². The Kier molecular flexibility index (Phi) is 6.53. The number of halogens is 3. The minimum Gasteiger partial charge on any atom is -0.380 e. The van der Waals surface area contributed by atoms with Crippen molar-refractivity contribution < 1.29 is 18.3 Å². The molecule has 3 nitrogen and oxygen atoms in total. The van der Waals surface area contributed by atoms with Crippen molar-refractivity contribution >= 4 is 0 Å². The minimum atomic E-state index is -4.52. The molecule has 0 spiro atoms. The summed E-state index contributed by atoms with van der Waals surface area (Å²) in [6, 6.07) is -0.0845. The molecule has 184 valence electrons. The molecule has 0 aromatic carbocycles. The zero-order chi connectivity index (χ0) is 23.4. The van der Waals surface area contributed by atoms with Gasteiger partial charge in [-0.15, -0.1) is 0 Å². The fourth-order valence-electron chi connectivity index (χ4n) is 8.97. The maximum atomic E-state index is 13.5. The molecule has 0 radical (unpaired) electrons. The summed E-state index contributed by atoms with van der Waals surface area (Å²) in [4.78, 5) is 10.6. The number of nitrogens with zero attached hydrogens (tertiary/aromatic N) is 1. The first-order chi connectivity index (χ1) is 14.9. The van der Waals surface area contributed by atoms with Crippen molar-refractivity contribution in [2.75, 3.05) is 0 Å². The van der Waals surface area contributed by atoms with Gasteiger partial charge in [-0.25, -0.2) is 0 Å². The lowest BCUT2D eigenvalue weighted by atomic mass is 9.43. The van der Waals surface area contributed by atoms with Crippen LogP contribution in [0.4, 0.5) is 13.2 Å². The van der Waals surface area contributed by atoms with Gasteiger partial charge < -0.3 is 5.11 Å². The third-order valence-electron chi connectivity index (χ3n) is 11.1. The molecule has 9 atom stereocenters. The topological polar surface area (TPSA) is 49.7 Å². The van der Waals surface area contributed by atoms with Gasteiger partial charge in [0.15, 0.2) is 5.60 Å². The average molecular weight is 458 g/mol. The number of alkyl halides is 3. The Balaban J connectivity index is 1.42. The van der Waals surface area contributed by atoms with Crippen molar-refractivity contribution in [3.63, 3.8) is 0 Å². The molecule has 4 fully saturated rings. The number of hydrogen-bond donors (Lipinski definition) is 1. The van der Waals surface area contributed by atoms with E-state index in [9.17, 15) is 23.2 Å². The molecule has 0 heterocycles. The van der Waals surface area contributed by atoms with E-state index < -0.39 is 11.8 Å². The van der Waals surface area contributed by atoms with Crippen LogP contribution in [0, 0.1) is 45.3 Å². The van der Waals surface area contributed by atoms with Crippen LogP contribution in [-0.4, -0.2) is 22.9 Å². The molecule has 4 saturated carbocycles. The molecule has 4 rings (SSSR count). The maximum Gasteiger partial charge on any atom is 0.417 e. The Hall–Kier alpha value is -0.650. The highest BCUT2D eigenvalue weighted by Gasteiger charge is 2.64. The zero-order valence-electron chi connectivity index (χ0n) is 20.1. The second kappa shape index (κ2) is 8.53. The molecule has 4 aliphatic carbocycles. The summed E-state index contributed by atoms with van der Waals surface area (Å²) >= 11 is 0. The number of hydrogen-bond acceptors (Lipinski definition) is 3. The van der Waals surface area contributed by atoms with Gasteiger partial charge in [0.1, 0.15) is 0 Å². The van der Waals surface area contributed by atoms with E-state index in [2.05, 4.69) is 19.0 Å². The molecular formula is C26H42F3NO2. The number of unbranched alkanes of at least 4 members (excludes halogenated alkanes) is 1. The van der Waals surface area contributed by atoms with Crippen molar-refractivity contribution in [1.82, 2.24) is 0 Å². The van der Waals surface area contributed by atoms with Gasteiger partial charge in [-0.3, -0.25) is 0 Å². The Bertz CT molecular complexity index is 699. The average Bonchev–Trinajstić information content (AvgIpc) is 3.07. The fourth-order valence-corrected chi connectivity index (χ4v) is 8.97. The second-order valence-corrected chi connectivity index (χ2v) is 12.4. The molecule has 0 aliphatic heterocycles. The normalized spacial score (nSPS) is 47.3. The van der Waals surface area contributed by atoms with Gasteiger partial charge in [-0.2, -0.15) is 18.1 Å². The van der Waals surface area contributed by atoms with Crippen LogP contribution in [0.25, 0.3) is 0 Å². The van der Waals surface area contributed by atoms with Gasteiger partial charge in [0.25, 0.3) is 0 Å². The molecule has 8 unspecified atom stereocenters. The summed E-state index contributed by atoms with van der Waals surface area (Å²) in [5.41, 5.74) is -2.18. The third kappa shape index (κ3) is 3.94. The van der Waals surface area contributed by atoms with Gasteiger partial charge in [-0.1, -0.05) is 31.9 Å². The molecule has 0 saturated heterocycles. The Labute approximate surface area is 191 Å². The molecular weight excluding hydrogens is 415 g/mol. The predicted octanol–water partition coefficient (Wildman–Crippen LogP) is 7.65. The molecule has 4 aliphatic rings. The van der Waals surface area contributed by atoms with E-state index in [0.29, 0.717) is 29.6 Å². The minimum absolute atomic E-state index is 0.0147. The van der Waals surface area contributed by atoms with E-state index in [1.165, 1.54) is 25.7 Å². The molecule has 0 aromatic heterocycles. The van der Waals surface area contributed by atoms with Crippen LogP contribution in [0.15, 0.2) is 5.18 Å². The molecule has 0 aromatic rings. The van der Waals surface area contributed by atoms with Crippen LogP contribution in [0.2, 0.25) is 0 Å². The van der Waals surface area contributed by atoms with Crippen LogP contribution < -0.4 is 0 Å². The standard InChI is InChI=1S/C26H42F3NO2/c1-17(30-32)6-4-5-7-18-9-11-21-20-10-8-19-16-25(31,26(27,28)29)15-14-24(19,3)22(20)12-13-23(18,21)2/h17-22,31H,4-16H2,1-3H3/t17?,18?,19?,20?,21?,22?,23?,24?,25-/m0/s1. The first-order valence-electron chi connectivity index (χ1n) is 13.1. The zero-order valence-corrected chi connectivity index (χ0v) is 20.1. The van der Waals surface area contributed by atoms with Crippen molar-refractivity contribution in [1.29, 1.82) is 0 Å². The maximum absolute atomic E-state index is 13.5. The predicted molar refractivity (Wildman–Crippen MR) is 120 cm³/mol. The molecule has 32 heavy (non-hydrogen) atoms. The summed E-state index contributed by atoms with van der Waals surface area (Å²) in [5.74, 6) is 2.56. The second-order valence-electron chi connectivity index (χ2n) is 12.4. The van der Waals surface area contributed by atoms with Crippen molar-refractivity contribution in [2.45, 2.75) is 122 Å². The fraction of sp³-hybridized carbons (Fsp3) is 1.00. The van der Waals surface area contributed by atoms with Gasteiger partial charge in [-0.05, 0) is 118 Å². The van der Waals surface area contributed by atoms with E-state index >= 15 is 0 Å². The Morgan fingerprint density at radius 1 is 0.969 bits per heavy atom. The third-order valence-corrected chi connectivity index (χ3v) is 11.1. The van der Waals surface area contributed by atoms with Crippen LogP contribution in [0.1, 0.15) is 104 Å². The van der Waals surface area contributed by atoms with Crippen LogP contribution in [0.3, 0.4) is 0 Å². The molecule has 6 heteroatoms. The van der Waals surface area contributed by atoms with Gasteiger partial charge >= 0.3 is 6.18 Å². The molecule has 0 bridgehead atoms. The van der Waals surface area contributed by atoms with E-state index in [1.54, 1.807) is 0 Å². The van der Waals surface area contributed by atoms with E-state index in [4.69, 9.17) is 0 Å². The summed E-state index contributed by atoms with van der Waals surface area (Å²) in [6.07, 6.45) is 6.84. The summed E-state index contributed by atoms with van der Waals surface area (Å²) < 4.78 is 40.6. The summed E-state index contributed by atoms with van der Waals surface area (Å²) in [5, 5.41) is 13.5. The van der Waals surface area contributed by atoms with Gasteiger partial charge in [0.05, 0.1) is 6.04 Å². The van der Waals surface area contributed by atoms with E-state index in [0.717, 1.165) is 44.4 Å². The SMILES string of the molecule is CC(CCCCC1CCC2C3CCC4C[C@](O)(C(F)(F)F)CCC4(C)C3CCC12C)N=O. The highest BCUT2D eigenvalue weighted by molar-refractivity contribution is 5.11. The van der Waals surface area contributed by atoms with Crippen molar-refractivity contribution in [3.8, 4) is 0 Å². The van der Waals surface area contributed by atoms with E-state index in [1.807, 2.05) is 6.92 Å². The summed E-state index contributed by atoms with van der Waals surface area (Å²) in [6.45, 7) is 6.64. The van der Waals surface area contributed by atoms with Crippen LogP contribution >= 0.6 is 0 Å². The lowest BCUT2D eigenvalue weighted by Gasteiger charge is -2.62. The number of nitroso groups, excluding NO2 is 1. The number of aliphatic hydroxyl groups is 1. The summed E-state index contributed by atoms with van der Waals surface area (Å²) in [7, 11) is 0. The molecule has 1 N–H and O–H groups in total. The number of rotatable bonds is 6. The lowest BCUT2D eigenvalue weighted by molar-refractivity contribution is -0.290. The van der Waals surface area contributed by atoms with Crippen LogP contribution in [-0.2, 0) is 0 Å².